The van der Waals surface area contributed by atoms with Gasteiger partial charge < -0.3 is 9.84 Å². The number of aliphatic carboxylic acids is 1. The van der Waals surface area contributed by atoms with Crippen LogP contribution in [0.5, 0.6) is 5.75 Å². The molecule has 0 aliphatic carbocycles. The van der Waals surface area contributed by atoms with Crippen LogP contribution in [0, 0.1) is 11.6 Å². The number of anilines is 1. The fraction of sp³-hybridized carbons (Fsp3) is 0.176. The SMILES string of the molecule is COc1ccc(/C(C)=N\Nc2ccc(F)cc2F)cc1CC(=O)O. The molecule has 2 aromatic carbocycles. The van der Waals surface area contributed by atoms with E-state index in [0.717, 1.165) is 12.1 Å². The molecule has 0 amide bonds. The van der Waals surface area contributed by atoms with Crippen LogP contribution < -0.4 is 10.2 Å². The van der Waals surface area contributed by atoms with Crippen LogP contribution in [0.2, 0.25) is 0 Å². The van der Waals surface area contributed by atoms with E-state index >= 15 is 0 Å². The topological polar surface area (TPSA) is 70.9 Å². The third-order valence-electron chi connectivity index (χ3n) is 3.32. The molecule has 0 spiro atoms. The predicted octanol–water partition coefficient (Wildman–Crippen LogP) is 3.44. The standard InChI is InChI=1S/C17H16F2N2O3/c1-10(20-21-15-5-4-13(18)9-14(15)19)11-3-6-16(24-2)12(7-11)8-17(22)23/h3-7,9,21H,8H2,1-2H3,(H,22,23)/b20-10-. The first-order valence-corrected chi connectivity index (χ1v) is 7.05. The molecule has 0 fully saturated rings. The second-order valence-corrected chi connectivity index (χ2v) is 5.03. The lowest BCUT2D eigenvalue weighted by molar-refractivity contribution is -0.136. The molecular weight excluding hydrogens is 318 g/mol. The molecule has 5 nitrogen and oxygen atoms in total. The third-order valence-corrected chi connectivity index (χ3v) is 3.32. The van der Waals surface area contributed by atoms with Crippen molar-refractivity contribution in [2.45, 2.75) is 13.3 Å². The molecule has 0 heterocycles. The summed E-state index contributed by atoms with van der Waals surface area (Å²) in [6.45, 7) is 1.68. The lowest BCUT2D eigenvalue weighted by Gasteiger charge is -2.10. The highest BCUT2D eigenvalue weighted by Crippen LogP contribution is 2.21. The normalized spacial score (nSPS) is 11.2. The van der Waals surface area contributed by atoms with Crippen molar-refractivity contribution in [2.24, 2.45) is 5.10 Å². The van der Waals surface area contributed by atoms with Crippen molar-refractivity contribution in [3.05, 3.63) is 59.2 Å². The molecule has 7 heteroatoms. The Balaban J connectivity index is 2.24. The third kappa shape index (κ3) is 4.28. The number of methoxy groups -OCH3 is 1. The maximum absolute atomic E-state index is 13.6. The van der Waals surface area contributed by atoms with Gasteiger partial charge in [-0.3, -0.25) is 10.2 Å². The summed E-state index contributed by atoms with van der Waals surface area (Å²) in [5.74, 6) is -1.95. The van der Waals surface area contributed by atoms with E-state index in [-0.39, 0.29) is 12.1 Å². The first kappa shape index (κ1) is 17.4. The molecule has 0 aromatic heterocycles. The Morgan fingerprint density at radius 2 is 2.00 bits per heavy atom. The molecule has 0 atom stereocenters. The molecule has 2 aromatic rings. The van der Waals surface area contributed by atoms with Crippen LogP contribution in [0.1, 0.15) is 18.1 Å². The minimum Gasteiger partial charge on any atom is -0.496 e. The second kappa shape index (κ2) is 7.54. The Hall–Kier alpha value is -2.96. The van der Waals surface area contributed by atoms with Gasteiger partial charge >= 0.3 is 5.97 Å². The van der Waals surface area contributed by atoms with E-state index in [1.807, 2.05) is 0 Å². The highest BCUT2D eigenvalue weighted by Gasteiger charge is 2.10. The van der Waals surface area contributed by atoms with Crippen LogP contribution in [0.3, 0.4) is 0 Å². The quantitative estimate of drug-likeness (QED) is 0.627. The zero-order valence-corrected chi connectivity index (χ0v) is 13.1. The molecule has 24 heavy (non-hydrogen) atoms. The maximum Gasteiger partial charge on any atom is 0.307 e. The van der Waals surface area contributed by atoms with Gasteiger partial charge in [-0.15, -0.1) is 0 Å². The number of halogens is 2. The summed E-state index contributed by atoms with van der Waals surface area (Å²) in [6.07, 6.45) is -0.190. The highest BCUT2D eigenvalue weighted by atomic mass is 19.1. The molecule has 0 aliphatic heterocycles. The Labute approximate surface area is 137 Å². The highest BCUT2D eigenvalue weighted by molar-refractivity contribution is 5.99. The molecular formula is C17H16F2N2O3. The van der Waals surface area contributed by atoms with Gasteiger partial charge in [0.1, 0.15) is 11.6 Å². The summed E-state index contributed by atoms with van der Waals surface area (Å²) < 4.78 is 31.6. The van der Waals surface area contributed by atoms with Crippen molar-refractivity contribution in [1.82, 2.24) is 0 Å². The average Bonchev–Trinajstić information content (AvgIpc) is 2.53. The van der Waals surface area contributed by atoms with Crippen molar-refractivity contribution < 1.29 is 23.4 Å². The zero-order chi connectivity index (χ0) is 17.7. The number of nitrogens with zero attached hydrogens (tertiary/aromatic N) is 1. The van der Waals surface area contributed by atoms with Crippen molar-refractivity contribution in [1.29, 1.82) is 0 Å². The Kier molecular flexibility index (Phi) is 5.47. The molecule has 0 radical (unpaired) electrons. The van der Waals surface area contributed by atoms with Crippen LogP contribution >= 0.6 is 0 Å². The Bertz CT molecular complexity index is 791. The van der Waals surface area contributed by atoms with Gasteiger partial charge in [0.25, 0.3) is 0 Å². The Morgan fingerprint density at radius 1 is 1.25 bits per heavy atom. The molecule has 0 saturated heterocycles. The number of hydrogen-bond acceptors (Lipinski definition) is 4. The van der Waals surface area contributed by atoms with E-state index < -0.39 is 17.6 Å². The summed E-state index contributed by atoms with van der Waals surface area (Å²) in [5, 5.41) is 13.0. The molecule has 0 unspecified atom stereocenters. The molecule has 0 saturated carbocycles. The van der Waals surface area contributed by atoms with Crippen LogP contribution in [0.25, 0.3) is 0 Å². The minimum absolute atomic E-state index is 0.0371. The molecule has 2 N–H and O–H groups in total. The van der Waals surface area contributed by atoms with E-state index in [0.29, 0.717) is 22.6 Å². The minimum atomic E-state index is -0.980. The summed E-state index contributed by atoms with van der Waals surface area (Å²) in [7, 11) is 1.46. The number of hydrogen-bond donors (Lipinski definition) is 2. The number of carbonyl (C=O) groups is 1. The monoisotopic (exact) mass is 334 g/mol. The fourth-order valence-electron chi connectivity index (χ4n) is 2.09. The summed E-state index contributed by atoms with van der Waals surface area (Å²) >= 11 is 0. The second-order valence-electron chi connectivity index (χ2n) is 5.03. The van der Waals surface area contributed by atoms with Gasteiger partial charge in [-0.05, 0) is 42.8 Å². The summed E-state index contributed by atoms with van der Waals surface area (Å²) in [6, 6.07) is 8.12. The van der Waals surface area contributed by atoms with Gasteiger partial charge in [0.05, 0.1) is 24.9 Å². The van der Waals surface area contributed by atoms with Crippen molar-refractivity contribution in [3.8, 4) is 5.75 Å². The van der Waals surface area contributed by atoms with Gasteiger partial charge in [-0.25, -0.2) is 8.78 Å². The number of nitrogens with one attached hydrogen (secondary N) is 1. The van der Waals surface area contributed by atoms with Crippen LogP contribution in [-0.2, 0) is 11.2 Å². The fourth-order valence-corrected chi connectivity index (χ4v) is 2.09. The summed E-state index contributed by atoms with van der Waals surface area (Å²) in [5.41, 5.74) is 4.23. The number of carboxylic acids is 1. The van der Waals surface area contributed by atoms with Crippen molar-refractivity contribution in [3.63, 3.8) is 0 Å². The van der Waals surface area contributed by atoms with Crippen LogP contribution in [0.4, 0.5) is 14.5 Å². The number of benzene rings is 2. The van der Waals surface area contributed by atoms with Gasteiger partial charge in [-0.1, -0.05) is 0 Å². The number of ether oxygens (including phenoxy) is 1. The maximum atomic E-state index is 13.6. The van der Waals surface area contributed by atoms with E-state index in [2.05, 4.69) is 10.5 Å². The first-order valence-electron chi connectivity index (χ1n) is 7.05. The van der Waals surface area contributed by atoms with E-state index in [1.54, 1.807) is 25.1 Å². The van der Waals surface area contributed by atoms with Gasteiger partial charge in [-0.2, -0.15) is 5.10 Å². The van der Waals surface area contributed by atoms with E-state index in [9.17, 15) is 13.6 Å². The predicted molar refractivity (Wildman–Crippen MR) is 86.5 cm³/mol. The lowest BCUT2D eigenvalue weighted by Crippen LogP contribution is -2.06. The average molecular weight is 334 g/mol. The molecule has 0 bridgehead atoms. The zero-order valence-electron chi connectivity index (χ0n) is 13.1. The lowest BCUT2D eigenvalue weighted by atomic mass is 10.0. The number of carboxylic acid groups (broad SMARTS) is 1. The van der Waals surface area contributed by atoms with Gasteiger partial charge in [0.15, 0.2) is 5.82 Å². The first-order chi connectivity index (χ1) is 11.4. The van der Waals surface area contributed by atoms with Crippen molar-refractivity contribution in [2.75, 3.05) is 12.5 Å². The molecule has 2 rings (SSSR count). The summed E-state index contributed by atoms with van der Waals surface area (Å²) in [4.78, 5) is 10.9. The van der Waals surface area contributed by atoms with Gasteiger partial charge in [0.2, 0.25) is 0 Å². The molecule has 0 aliphatic rings. The van der Waals surface area contributed by atoms with E-state index in [4.69, 9.17) is 9.84 Å². The smallest absolute Gasteiger partial charge is 0.307 e. The van der Waals surface area contributed by atoms with Crippen LogP contribution in [0.15, 0.2) is 41.5 Å². The van der Waals surface area contributed by atoms with Crippen molar-refractivity contribution >= 4 is 17.4 Å². The van der Waals surface area contributed by atoms with Gasteiger partial charge in [0, 0.05) is 11.6 Å². The Morgan fingerprint density at radius 3 is 2.62 bits per heavy atom. The molecule has 126 valence electrons. The van der Waals surface area contributed by atoms with Crippen LogP contribution in [-0.4, -0.2) is 23.9 Å². The largest absolute Gasteiger partial charge is 0.496 e. The number of rotatable bonds is 6. The number of hydrazone groups is 1. The van der Waals surface area contributed by atoms with E-state index in [1.165, 1.54) is 13.2 Å².